The summed E-state index contributed by atoms with van der Waals surface area (Å²) in [6, 6.07) is 6.50. The Kier molecular flexibility index (Phi) is 4.24. The molecule has 2 aromatic rings. The van der Waals surface area contributed by atoms with E-state index in [0.717, 1.165) is 5.56 Å². The van der Waals surface area contributed by atoms with E-state index in [1.807, 2.05) is 6.07 Å². The van der Waals surface area contributed by atoms with Gasteiger partial charge in [-0.3, -0.25) is 19.8 Å². The van der Waals surface area contributed by atoms with Gasteiger partial charge in [-0.2, -0.15) is 0 Å². The molecule has 1 atom stereocenters. The van der Waals surface area contributed by atoms with Crippen LogP contribution < -0.4 is 5.56 Å². The van der Waals surface area contributed by atoms with Gasteiger partial charge in [0.25, 0.3) is 11.5 Å². The van der Waals surface area contributed by atoms with Gasteiger partial charge in [-0.05, 0) is 17.7 Å². The van der Waals surface area contributed by atoms with Crippen molar-refractivity contribution in [3.63, 3.8) is 0 Å². The van der Waals surface area contributed by atoms with Crippen molar-refractivity contribution in [1.29, 1.82) is 0 Å². The van der Waals surface area contributed by atoms with Crippen molar-refractivity contribution in [3.05, 3.63) is 55.9 Å². The molecule has 0 spiro atoms. The Morgan fingerprint density at radius 1 is 1.23 bits per heavy atom. The molecule has 2 heterocycles. The number of ether oxygens (including phenoxy) is 1. The lowest BCUT2D eigenvalue weighted by Gasteiger charge is -2.33. The number of amides is 1. The molecule has 1 unspecified atom stereocenters. The maximum atomic E-state index is 12.3. The molecule has 1 fully saturated rings. The SMILES string of the molecule is O=C(c1cc(=O)[nH][nH]1)N1CCOC(c2ccc(Cl)c(Cl)c2)C1. The number of hydrogen-bond acceptors (Lipinski definition) is 3. The lowest BCUT2D eigenvalue weighted by molar-refractivity contribution is -0.0230. The van der Waals surface area contributed by atoms with Gasteiger partial charge < -0.3 is 9.64 Å². The van der Waals surface area contributed by atoms with Crippen molar-refractivity contribution in [3.8, 4) is 0 Å². The molecular formula is C14H13Cl2N3O3. The first-order valence-corrected chi connectivity index (χ1v) is 7.43. The summed E-state index contributed by atoms with van der Waals surface area (Å²) in [5.74, 6) is -0.244. The fourth-order valence-corrected chi connectivity index (χ4v) is 2.67. The maximum absolute atomic E-state index is 12.3. The highest BCUT2D eigenvalue weighted by Crippen LogP contribution is 2.29. The van der Waals surface area contributed by atoms with Crippen LogP contribution in [0.1, 0.15) is 22.2 Å². The number of aromatic nitrogens is 2. The Morgan fingerprint density at radius 2 is 2.05 bits per heavy atom. The zero-order chi connectivity index (χ0) is 15.7. The molecule has 6 nitrogen and oxygen atoms in total. The molecule has 2 N–H and O–H groups in total. The minimum atomic E-state index is -0.336. The highest BCUT2D eigenvalue weighted by molar-refractivity contribution is 6.42. The van der Waals surface area contributed by atoms with Gasteiger partial charge in [0, 0.05) is 12.6 Å². The number of carbonyl (C=O) groups is 1. The second kappa shape index (κ2) is 6.16. The number of aromatic amines is 2. The van der Waals surface area contributed by atoms with Crippen molar-refractivity contribution in [2.75, 3.05) is 19.7 Å². The molecule has 1 aromatic carbocycles. The monoisotopic (exact) mass is 341 g/mol. The lowest BCUT2D eigenvalue weighted by atomic mass is 10.1. The summed E-state index contributed by atoms with van der Waals surface area (Å²) in [6.07, 6.45) is -0.280. The number of nitrogens with one attached hydrogen (secondary N) is 2. The average molecular weight is 342 g/mol. The summed E-state index contributed by atoms with van der Waals surface area (Å²) in [5.41, 5.74) is 0.756. The summed E-state index contributed by atoms with van der Waals surface area (Å²) >= 11 is 11.9. The third-order valence-corrected chi connectivity index (χ3v) is 4.23. The normalized spacial score (nSPS) is 18.5. The summed E-state index contributed by atoms with van der Waals surface area (Å²) in [6.45, 7) is 1.25. The first-order valence-electron chi connectivity index (χ1n) is 6.68. The van der Waals surface area contributed by atoms with Crippen LogP contribution in [0.4, 0.5) is 0 Å². The Balaban J connectivity index is 1.77. The molecule has 1 aromatic heterocycles. The van der Waals surface area contributed by atoms with Gasteiger partial charge in [0.2, 0.25) is 0 Å². The molecule has 116 valence electrons. The Morgan fingerprint density at radius 3 is 2.73 bits per heavy atom. The third kappa shape index (κ3) is 3.04. The van der Waals surface area contributed by atoms with Crippen LogP contribution in [0.5, 0.6) is 0 Å². The number of hydrogen-bond donors (Lipinski definition) is 2. The number of rotatable bonds is 2. The third-order valence-electron chi connectivity index (χ3n) is 3.50. The molecule has 3 rings (SSSR count). The Hall–Kier alpha value is -1.76. The van der Waals surface area contributed by atoms with Gasteiger partial charge in [-0.25, -0.2) is 0 Å². The number of carbonyl (C=O) groups excluding carboxylic acids is 1. The second-order valence-corrected chi connectivity index (χ2v) is 5.77. The minimum Gasteiger partial charge on any atom is -0.370 e. The summed E-state index contributed by atoms with van der Waals surface area (Å²) < 4.78 is 5.70. The number of benzene rings is 1. The maximum Gasteiger partial charge on any atom is 0.272 e. The van der Waals surface area contributed by atoms with E-state index >= 15 is 0 Å². The standard InChI is InChI=1S/C14H13Cl2N3O3/c15-9-2-1-8(5-10(9)16)12-7-19(3-4-22-12)14(21)11-6-13(20)18-17-11/h1-2,5-6,12H,3-4,7H2,(H2,17,18,20). The molecule has 0 aliphatic carbocycles. The molecule has 0 bridgehead atoms. The van der Waals surface area contributed by atoms with Crippen LogP contribution >= 0.6 is 23.2 Å². The van der Waals surface area contributed by atoms with E-state index in [-0.39, 0.29) is 23.3 Å². The van der Waals surface area contributed by atoms with Gasteiger partial charge in [-0.1, -0.05) is 29.3 Å². The van der Waals surface area contributed by atoms with E-state index < -0.39 is 0 Å². The van der Waals surface area contributed by atoms with Crippen molar-refractivity contribution < 1.29 is 9.53 Å². The first kappa shape index (κ1) is 15.1. The second-order valence-electron chi connectivity index (χ2n) is 4.96. The lowest BCUT2D eigenvalue weighted by Crippen LogP contribution is -2.42. The minimum absolute atomic E-state index is 0.236. The van der Waals surface area contributed by atoms with Crippen LogP contribution in [0.25, 0.3) is 0 Å². The molecule has 8 heteroatoms. The highest BCUT2D eigenvalue weighted by atomic mass is 35.5. The van der Waals surface area contributed by atoms with Gasteiger partial charge in [-0.15, -0.1) is 0 Å². The van der Waals surface area contributed by atoms with Gasteiger partial charge in [0.15, 0.2) is 0 Å². The molecular weight excluding hydrogens is 329 g/mol. The van der Waals surface area contributed by atoms with Crippen LogP contribution in [-0.2, 0) is 4.74 Å². The van der Waals surface area contributed by atoms with E-state index in [9.17, 15) is 9.59 Å². The molecule has 22 heavy (non-hydrogen) atoms. The molecule has 1 saturated heterocycles. The average Bonchev–Trinajstić information content (AvgIpc) is 2.96. The number of morpholine rings is 1. The quantitative estimate of drug-likeness (QED) is 0.879. The zero-order valence-electron chi connectivity index (χ0n) is 11.4. The van der Waals surface area contributed by atoms with E-state index in [1.54, 1.807) is 17.0 Å². The van der Waals surface area contributed by atoms with Crippen molar-refractivity contribution in [2.45, 2.75) is 6.10 Å². The Labute approximate surface area is 136 Å². The number of nitrogens with zero attached hydrogens (tertiary/aromatic N) is 1. The summed E-state index contributed by atoms with van der Waals surface area (Å²) in [4.78, 5) is 25.1. The van der Waals surface area contributed by atoms with E-state index in [4.69, 9.17) is 27.9 Å². The van der Waals surface area contributed by atoms with Crippen molar-refractivity contribution in [1.82, 2.24) is 15.1 Å². The van der Waals surface area contributed by atoms with Gasteiger partial charge >= 0.3 is 0 Å². The van der Waals surface area contributed by atoms with Crippen molar-refractivity contribution in [2.24, 2.45) is 0 Å². The van der Waals surface area contributed by atoms with Crippen molar-refractivity contribution >= 4 is 29.1 Å². The predicted octanol–water partition coefficient (Wildman–Crippen LogP) is 2.22. The van der Waals surface area contributed by atoms with Crippen LogP contribution in [0.2, 0.25) is 10.0 Å². The number of H-pyrrole nitrogens is 2. The molecule has 0 radical (unpaired) electrons. The van der Waals surface area contributed by atoms with Crippen LogP contribution in [0.15, 0.2) is 29.1 Å². The van der Waals surface area contributed by atoms with E-state index in [0.29, 0.717) is 29.7 Å². The fraction of sp³-hybridized carbons (Fsp3) is 0.286. The topological polar surface area (TPSA) is 78.2 Å². The highest BCUT2D eigenvalue weighted by Gasteiger charge is 2.27. The fourth-order valence-electron chi connectivity index (χ4n) is 2.37. The van der Waals surface area contributed by atoms with E-state index in [2.05, 4.69) is 10.2 Å². The molecule has 0 saturated carbocycles. The van der Waals surface area contributed by atoms with Crippen LogP contribution in [0.3, 0.4) is 0 Å². The zero-order valence-corrected chi connectivity index (χ0v) is 12.9. The summed E-state index contributed by atoms with van der Waals surface area (Å²) in [7, 11) is 0. The molecule has 1 aliphatic rings. The Bertz CT molecular complexity index is 756. The predicted molar refractivity (Wildman–Crippen MR) is 82.5 cm³/mol. The van der Waals surface area contributed by atoms with Crippen LogP contribution in [0, 0.1) is 0 Å². The van der Waals surface area contributed by atoms with Crippen LogP contribution in [-0.4, -0.2) is 40.7 Å². The summed E-state index contributed by atoms with van der Waals surface area (Å²) in [5, 5.41) is 5.84. The van der Waals surface area contributed by atoms with E-state index in [1.165, 1.54) is 6.07 Å². The molecule has 1 aliphatic heterocycles. The number of halogens is 2. The first-order chi connectivity index (χ1) is 10.5. The molecule has 1 amide bonds. The van der Waals surface area contributed by atoms with Gasteiger partial charge in [0.1, 0.15) is 11.8 Å². The largest absolute Gasteiger partial charge is 0.370 e. The smallest absolute Gasteiger partial charge is 0.272 e. The van der Waals surface area contributed by atoms with Gasteiger partial charge in [0.05, 0.1) is 23.2 Å².